The molecular weight excluding hydrogens is 338 g/mol. The standard InChI is InChI=1S/C22H25N3O2/c1-4-17-7-6-8-18(5-2)21(17)24-15-19(13-23)22(26)25-14-16-9-11-20(27-3)12-10-16/h6-12,15,24H,4-5,14H2,1-3H3,(H,25,26)/b19-15-. The summed E-state index contributed by atoms with van der Waals surface area (Å²) in [4.78, 5) is 12.3. The number of carbonyl (C=O) groups excluding carboxylic acids is 1. The number of aryl methyl sites for hydroxylation is 2. The van der Waals surface area contributed by atoms with Crippen LogP contribution >= 0.6 is 0 Å². The number of rotatable bonds is 8. The first kappa shape index (κ1) is 20.1. The minimum absolute atomic E-state index is 0.0384. The zero-order chi connectivity index (χ0) is 19.6. The molecule has 5 heteroatoms. The van der Waals surface area contributed by atoms with Crippen LogP contribution in [0.15, 0.2) is 54.2 Å². The van der Waals surface area contributed by atoms with Crippen LogP contribution in [-0.2, 0) is 24.2 Å². The van der Waals surface area contributed by atoms with E-state index in [-0.39, 0.29) is 5.57 Å². The van der Waals surface area contributed by atoms with Crippen LogP contribution in [0.25, 0.3) is 0 Å². The summed E-state index contributed by atoms with van der Waals surface area (Å²) in [7, 11) is 1.61. The maximum atomic E-state index is 12.3. The van der Waals surface area contributed by atoms with Gasteiger partial charge in [-0.05, 0) is 41.7 Å². The van der Waals surface area contributed by atoms with Gasteiger partial charge in [-0.3, -0.25) is 4.79 Å². The Hall–Kier alpha value is -3.26. The first-order valence-corrected chi connectivity index (χ1v) is 9.01. The molecule has 0 radical (unpaired) electrons. The Balaban J connectivity index is 2.07. The molecule has 0 aliphatic carbocycles. The van der Waals surface area contributed by atoms with Crippen molar-refractivity contribution in [3.05, 3.63) is 70.9 Å². The number of methoxy groups -OCH3 is 1. The van der Waals surface area contributed by atoms with Crippen LogP contribution in [0.2, 0.25) is 0 Å². The fourth-order valence-electron chi connectivity index (χ4n) is 2.74. The number of nitriles is 1. The van der Waals surface area contributed by atoms with Gasteiger partial charge in [0.2, 0.25) is 0 Å². The minimum atomic E-state index is -0.409. The molecule has 1 amide bonds. The Kier molecular flexibility index (Phi) is 7.45. The number of hydrogen-bond donors (Lipinski definition) is 2. The van der Waals surface area contributed by atoms with Crippen molar-refractivity contribution in [1.29, 1.82) is 5.26 Å². The maximum Gasteiger partial charge on any atom is 0.263 e. The zero-order valence-electron chi connectivity index (χ0n) is 16.0. The smallest absolute Gasteiger partial charge is 0.263 e. The van der Waals surface area contributed by atoms with E-state index in [4.69, 9.17) is 4.74 Å². The molecule has 0 aliphatic rings. The molecule has 27 heavy (non-hydrogen) atoms. The summed E-state index contributed by atoms with van der Waals surface area (Å²) in [6.07, 6.45) is 3.22. The molecule has 0 heterocycles. The summed E-state index contributed by atoms with van der Waals surface area (Å²) in [5, 5.41) is 15.3. The second-order valence-corrected chi connectivity index (χ2v) is 6.00. The first-order chi connectivity index (χ1) is 13.1. The monoisotopic (exact) mass is 363 g/mol. The highest BCUT2D eigenvalue weighted by Gasteiger charge is 2.10. The number of nitrogens with one attached hydrogen (secondary N) is 2. The van der Waals surface area contributed by atoms with Crippen molar-refractivity contribution in [3.63, 3.8) is 0 Å². The van der Waals surface area contributed by atoms with E-state index >= 15 is 0 Å². The average Bonchev–Trinajstić information content (AvgIpc) is 2.72. The van der Waals surface area contributed by atoms with Gasteiger partial charge in [0.05, 0.1) is 7.11 Å². The van der Waals surface area contributed by atoms with E-state index in [1.165, 1.54) is 6.20 Å². The summed E-state index contributed by atoms with van der Waals surface area (Å²) in [5.41, 5.74) is 4.25. The number of ether oxygens (including phenoxy) is 1. The Bertz CT molecular complexity index is 827. The molecular formula is C22H25N3O2. The highest BCUT2D eigenvalue weighted by molar-refractivity contribution is 5.97. The van der Waals surface area contributed by atoms with E-state index in [1.54, 1.807) is 7.11 Å². The predicted octanol–water partition coefficient (Wildman–Crippen LogP) is 3.96. The number of anilines is 1. The van der Waals surface area contributed by atoms with E-state index in [0.29, 0.717) is 6.54 Å². The topological polar surface area (TPSA) is 74.2 Å². The number of carbonyl (C=O) groups is 1. The van der Waals surface area contributed by atoms with E-state index in [2.05, 4.69) is 24.5 Å². The number of hydrogen-bond acceptors (Lipinski definition) is 4. The van der Waals surface area contributed by atoms with E-state index in [0.717, 1.165) is 41.0 Å². The number of nitrogens with zero attached hydrogens (tertiary/aromatic N) is 1. The predicted molar refractivity (Wildman–Crippen MR) is 107 cm³/mol. The van der Waals surface area contributed by atoms with Crippen molar-refractivity contribution in [1.82, 2.24) is 5.32 Å². The largest absolute Gasteiger partial charge is 0.497 e. The van der Waals surface area contributed by atoms with Gasteiger partial charge in [0.1, 0.15) is 17.4 Å². The molecule has 0 bridgehead atoms. The third kappa shape index (κ3) is 5.35. The molecule has 0 atom stereocenters. The Morgan fingerprint density at radius 3 is 2.26 bits per heavy atom. The molecule has 5 nitrogen and oxygen atoms in total. The zero-order valence-corrected chi connectivity index (χ0v) is 16.0. The van der Waals surface area contributed by atoms with E-state index < -0.39 is 5.91 Å². The molecule has 0 spiro atoms. The summed E-state index contributed by atoms with van der Waals surface area (Å²) >= 11 is 0. The molecule has 2 N–H and O–H groups in total. The summed E-state index contributed by atoms with van der Waals surface area (Å²) in [6, 6.07) is 15.5. The van der Waals surface area contributed by atoms with Gasteiger partial charge in [-0.2, -0.15) is 5.26 Å². The number of amides is 1. The SMILES string of the molecule is CCc1cccc(CC)c1N/C=C(/C#N)C(=O)NCc1ccc(OC)cc1. The van der Waals surface area contributed by atoms with Crippen LogP contribution in [0.4, 0.5) is 5.69 Å². The van der Waals surface area contributed by atoms with E-state index in [9.17, 15) is 10.1 Å². The van der Waals surface area contributed by atoms with Crippen LogP contribution in [0, 0.1) is 11.3 Å². The molecule has 0 fully saturated rings. The lowest BCUT2D eigenvalue weighted by atomic mass is 10.0. The molecule has 0 saturated carbocycles. The van der Waals surface area contributed by atoms with Gasteiger partial charge in [-0.1, -0.05) is 44.2 Å². The molecule has 2 rings (SSSR count). The van der Waals surface area contributed by atoms with Gasteiger partial charge >= 0.3 is 0 Å². The Morgan fingerprint density at radius 2 is 1.74 bits per heavy atom. The molecule has 0 saturated heterocycles. The first-order valence-electron chi connectivity index (χ1n) is 9.01. The van der Waals surface area contributed by atoms with Crippen LogP contribution in [0.3, 0.4) is 0 Å². The minimum Gasteiger partial charge on any atom is -0.497 e. The Labute approximate surface area is 160 Å². The van der Waals surface area contributed by atoms with Gasteiger partial charge in [0, 0.05) is 18.4 Å². The maximum absolute atomic E-state index is 12.3. The van der Waals surface area contributed by atoms with Gasteiger partial charge < -0.3 is 15.4 Å². The van der Waals surface area contributed by atoms with Crippen molar-refractivity contribution in [2.45, 2.75) is 33.2 Å². The van der Waals surface area contributed by atoms with Crippen molar-refractivity contribution in [2.75, 3.05) is 12.4 Å². The van der Waals surface area contributed by atoms with Gasteiger partial charge in [-0.25, -0.2) is 0 Å². The van der Waals surface area contributed by atoms with Crippen molar-refractivity contribution >= 4 is 11.6 Å². The normalized spacial score (nSPS) is 10.8. The van der Waals surface area contributed by atoms with Crippen LogP contribution < -0.4 is 15.4 Å². The Morgan fingerprint density at radius 1 is 1.11 bits per heavy atom. The summed E-state index contributed by atoms with van der Waals surface area (Å²) in [5.74, 6) is 0.348. The fourth-order valence-corrected chi connectivity index (χ4v) is 2.74. The molecule has 2 aromatic rings. The average molecular weight is 363 g/mol. The summed E-state index contributed by atoms with van der Waals surface area (Å²) < 4.78 is 5.11. The fraction of sp³-hybridized carbons (Fsp3) is 0.273. The third-order valence-corrected chi connectivity index (χ3v) is 4.34. The second-order valence-electron chi connectivity index (χ2n) is 6.00. The highest BCUT2D eigenvalue weighted by Crippen LogP contribution is 2.22. The van der Waals surface area contributed by atoms with Crippen LogP contribution in [0.5, 0.6) is 5.75 Å². The summed E-state index contributed by atoms with van der Waals surface area (Å²) in [6.45, 7) is 4.50. The lowest BCUT2D eigenvalue weighted by molar-refractivity contribution is -0.117. The van der Waals surface area contributed by atoms with Gasteiger partial charge in [-0.15, -0.1) is 0 Å². The molecule has 2 aromatic carbocycles. The lowest BCUT2D eigenvalue weighted by Gasteiger charge is -2.13. The van der Waals surface area contributed by atoms with Gasteiger partial charge in [0.25, 0.3) is 5.91 Å². The molecule has 140 valence electrons. The molecule has 0 aromatic heterocycles. The quantitative estimate of drug-likeness (QED) is 0.550. The van der Waals surface area contributed by atoms with Crippen molar-refractivity contribution in [3.8, 4) is 11.8 Å². The second kappa shape index (κ2) is 10.0. The van der Waals surface area contributed by atoms with Crippen molar-refractivity contribution < 1.29 is 9.53 Å². The highest BCUT2D eigenvalue weighted by atomic mass is 16.5. The number of benzene rings is 2. The van der Waals surface area contributed by atoms with Crippen molar-refractivity contribution in [2.24, 2.45) is 0 Å². The molecule has 0 unspecified atom stereocenters. The third-order valence-electron chi connectivity index (χ3n) is 4.34. The molecule has 0 aliphatic heterocycles. The van der Waals surface area contributed by atoms with Crippen LogP contribution in [0.1, 0.15) is 30.5 Å². The lowest BCUT2D eigenvalue weighted by Crippen LogP contribution is -2.24. The van der Waals surface area contributed by atoms with Gasteiger partial charge in [0.15, 0.2) is 0 Å². The van der Waals surface area contributed by atoms with E-state index in [1.807, 2.05) is 48.5 Å². The van der Waals surface area contributed by atoms with Crippen LogP contribution in [-0.4, -0.2) is 13.0 Å². The number of para-hydroxylation sites is 1.